The minimum atomic E-state index is -1.18. The summed E-state index contributed by atoms with van der Waals surface area (Å²) in [4.78, 5) is 23.8. The van der Waals surface area contributed by atoms with Crippen LogP contribution in [0.15, 0.2) is 12.1 Å². The second-order valence-electron chi connectivity index (χ2n) is 5.24. The molecule has 0 aromatic heterocycles. The average molecular weight is 312 g/mol. The fourth-order valence-corrected chi connectivity index (χ4v) is 3.02. The topological polar surface area (TPSA) is 84.9 Å². The zero-order valence-electron chi connectivity index (χ0n) is 11.1. The minimum Gasteiger partial charge on any atom is -0.480 e. The maximum absolute atomic E-state index is 12.3. The Labute approximate surface area is 126 Å². The van der Waals surface area contributed by atoms with Crippen LogP contribution in [0.25, 0.3) is 0 Å². The molecule has 7 heteroatoms. The number of halogens is 1. The fourth-order valence-electron chi connectivity index (χ4n) is 2.76. The molecule has 0 spiro atoms. The van der Waals surface area contributed by atoms with Crippen LogP contribution in [-0.2, 0) is 4.79 Å². The van der Waals surface area contributed by atoms with Crippen LogP contribution in [0.4, 0.5) is 0 Å². The van der Waals surface area contributed by atoms with Crippen LogP contribution in [0.3, 0.4) is 0 Å². The van der Waals surface area contributed by atoms with Gasteiger partial charge in [0.25, 0.3) is 5.91 Å². The number of aliphatic carboxylic acids is 1. The maximum atomic E-state index is 12.3. The molecule has 0 atom stereocenters. The van der Waals surface area contributed by atoms with Crippen molar-refractivity contribution < 1.29 is 24.2 Å². The predicted molar refractivity (Wildman–Crippen MR) is 73.9 cm³/mol. The van der Waals surface area contributed by atoms with Gasteiger partial charge in [0.2, 0.25) is 6.79 Å². The van der Waals surface area contributed by atoms with Crippen molar-refractivity contribution in [2.24, 2.45) is 0 Å². The van der Waals surface area contributed by atoms with E-state index < -0.39 is 17.4 Å². The van der Waals surface area contributed by atoms with Crippen LogP contribution in [0.1, 0.15) is 36.0 Å². The zero-order valence-corrected chi connectivity index (χ0v) is 11.9. The number of carbonyl (C=O) groups excluding carboxylic acids is 1. The summed E-state index contributed by atoms with van der Waals surface area (Å²) in [5.74, 6) is -0.676. The lowest BCUT2D eigenvalue weighted by molar-refractivity contribution is -0.144. The summed E-state index contributed by atoms with van der Waals surface area (Å²) < 4.78 is 10.4. The summed E-state index contributed by atoms with van der Waals surface area (Å²) >= 11 is 6.03. The highest BCUT2D eigenvalue weighted by molar-refractivity contribution is 6.32. The van der Waals surface area contributed by atoms with Gasteiger partial charge in [-0.05, 0) is 25.0 Å². The second-order valence-corrected chi connectivity index (χ2v) is 5.65. The Morgan fingerprint density at radius 3 is 2.62 bits per heavy atom. The smallest absolute Gasteiger partial charge is 0.329 e. The van der Waals surface area contributed by atoms with Gasteiger partial charge in [-0.25, -0.2) is 4.79 Å². The third-order valence-corrected chi connectivity index (χ3v) is 4.19. The number of rotatable bonds is 3. The Morgan fingerprint density at radius 1 is 1.24 bits per heavy atom. The molecule has 1 aliphatic heterocycles. The summed E-state index contributed by atoms with van der Waals surface area (Å²) in [5.41, 5.74) is -0.920. The van der Waals surface area contributed by atoms with Crippen molar-refractivity contribution in [1.29, 1.82) is 0 Å². The Kier molecular flexibility index (Phi) is 3.41. The van der Waals surface area contributed by atoms with E-state index in [1.54, 1.807) is 0 Å². The Bertz CT molecular complexity index is 610. The van der Waals surface area contributed by atoms with Gasteiger partial charge in [0.05, 0.1) is 5.02 Å². The van der Waals surface area contributed by atoms with Crippen LogP contribution in [0, 0.1) is 0 Å². The lowest BCUT2D eigenvalue weighted by Gasteiger charge is -2.25. The van der Waals surface area contributed by atoms with Gasteiger partial charge in [-0.1, -0.05) is 24.4 Å². The monoisotopic (exact) mass is 311 g/mol. The summed E-state index contributed by atoms with van der Waals surface area (Å²) in [7, 11) is 0. The first-order valence-corrected chi connectivity index (χ1v) is 7.05. The van der Waals surface area contributed by atoms with Gasteiger partial charge in [0, 0.05) is 5.56 Å². The molecule has 0 unspecified atom stereocenters. The molecule has 2 N–H and O–H groups in total. The number of hydrogen-bond donors (Lipinski definition) is 2. The molecule has 1 heterocycles. The molecule has 21 heavy (non-hydrogen) atoms. The van der Waals surface area contributed by atoms with Crippen LogP contribution < -0.4 is 14.8 Å². The Morgan fingerprint density at radius 2 is 1.95 bits per heavy atom. The lowest BCUT2D eigenvalue weighted by atomic mass is 9.97. The van der Waals surface area contributed by atoms with E-state index >= 15 is 0 Å². The van der Waals surface area contributed by atoms with Crippen molar-refractivity contribution in [3.63, 3.8) is 0 Å². The molecule has 1 fully saturated rings. The second kappa shape index (κ2) is 5.11. The molecule has 0 bridgehead atoms. The number of amides is 1. The maximum Gasteiger partial charge on any atom is 0.329 e. The fraction of sp³-hybridized carbons (Fsp3) is 0.429. The van der Waals surface area contributed by atoms with Crippen molar-refractivity contribution in [3.05, 3.63) is 22.7 Å². The van der Waals surface area contributed by atoms with E-state index in [0.717, 1.165) is 12.8 Å². The van der Waals surface area contributed by atoms with Crippen LogP contribution in [0.2, 0.25) is 5.02 Å². The normalized spacial score (nSPS) is 18.5. The number of carboxylic acids is 1. The van der Waals surface area contributed by atoms with E-state index in [2.05, 4.69) is 5.32 Å². The summed E-state index contributed by atoms with van der Waals surface area (Å²) in [6.45, 7) is 0.0548. The number of benzene rings is 1. The predicted octanol–water partition coefficient (Wildman–Crippen LogP) is 2.20. The molecular formula is C14H14ClNO5. The highest BCUT2D eigenvalue weighted by Crippen LogP contribution is 2.40. The van der Waals surface area contributed by atoms with Gasteiger partial charge in [-0.2, -0.15) is 0 Å². The van der Waals surface area contributed by atoms with E-state index in [1.807, 2.05) is 0 Å². The average Bonchev–Trinajstić information content (AvgIpc) is 3.07. The highest BCUT2D eigenvalue weighted by atomic mass is 35.5. The van der Waals surface area contributed by atoms with E-state index in [4.69, 9.17) is 21.1 Å². The summed E-state index contributed by atoms with van der Waals surface area (Å²) in [6, 6.07) is 2.96. The van der Waals surface area contributed by atoms with E-state index in [0.29, 0.717) is 24.3 Å². The molecule has 1 amide bonds. The number of ether oxygens (including phenoxy) is 2. The van der Waals surface area contributed by atoms with Gasteiger partial charge >= 0.3 is 5.97 Å². The largest absolute Gasteiger partial charge is 0.480 e. The summed E-state index contributed by atoms with van der Waals surface area (Å²) in [6.07, 6.45) is 2.45. The first-order valence-electron chi connectivity index (χ1n) is 6.67. The molecule has 112 valence electrons. The standard InChI is InChI=1S/C14H14ClNO5/c15-9-5-8(6-10-11(9)21-7-20-10)12(17)16-14(13(18)19)3-1-2-4-14/h5-6H,1-4,7H2,(H,16,17)(H,18,19). The van der Waals surface area contributed by atoms with Crippen molar-refractivity contribution in [1.82, 2.24) is 5.32 Å². The van der Waals surface area contributed by atoms with Crippen LogP contribution >= 0.6 is 11.6 Å². The van der Waals surface area contributed by atoms with Gasteiger partial charge in [-0.3, -0.25) is 4.79 Å². The number of fused-ring (bicyclic) bond motifs is 1. The summed E-state index contributed by atoms with van der Waals surface area (Å²) in [5, 5.41) is 12.3. The van der Waals surface area contributed by atoms with E-state index in [9.17, 15) is 14.7 Å². The number of carboxylic acid groups (broad SMARTS) is 1. The molecule has 3 rings (SSSR count). The van der Waals surface area contributed by atoms with Gasteiger partial charge in [0.15, 0.2) is 11.5 Å². The van der Waals surface area contributed by atoms with E-state index in [-0.39, 0.29) is 17.4 Å². The van der Waals surface area contributed by atoms with Crippen LogP contribution in [0.5, 0.6) is 11.5 Å². The van der Waals surface area contributed by atoms with Gasteiger partial charge < -0.3 is 19.9 Å². The van der Waals surface area contributed by atoms with E-state index in [1.165, 1.54) is 12.1 Å². The first-order chi connectivity index (χ1) is 10.0. The molecule has 2 aliphatic rings. The minimum absolute atomic E-state index is 0.0548. The number of hydrogen-bond acceptors (Lipinski definition) is 4. The molecule has 1 aromatic rings. The van der Waals surface area contributed by atoms with Gasteiger partial charge in [0.1, 0.15) is 5.54 Å². The third kappa shape index (κ3) is 2.40. The Balaban J connectivity index is 1.86. The number of nitrogens with one attached hydrogen (secondary N) is 1. The SMILES string of the molecule is O=C(NC1(C(=O)O)CCCC1)c1cc(Cl)c2c(c1)OCO2. The molecule has 1 saturated carbocycles. The van der Waals surface area contributed by atoms with Crippen molar-refractivity contribution in [2.75, 3.05) is 6.79 Å². The third-order valence-electron chi connectivity index (χ3n) is 3.91. The van der Waals surface area contributed by atoms with Crippen molar-refractivity contribution in [2.45, 2.75) is 31.2 Å². The highest BCUT2D eigenvalue weighted by Gasteiger charge is 2.42. The molecular weight excluding hydrogens is 298 g/mol. The van der Waals surface area contributed by atoms with Crippen molar-refractivity contribution in [3.8, 4) is 11.5 Å². The van der Waals surface area contributed by atoms with Crippen LogP contribution in [-0.4, -0.2) is 29.3 Å². The quantitative estimate of drug-likeness (QED) is 0.894. The number of carbonyl (C=O) groups is 2. The molecule has 1 aliphatic carbocycles. The molecule has 6 nitrogen and oxygen atoms in total. The van der Waals surface area contributed by atoms with Gasteiger partial charge in [-0.15, -0.1) is 0 Å². The first kappa shape index (κ1) is 14.0. The zero-order chi connectivity index (χ0) is 15.0. The molecule has 0 radical (unpaired) electrons. The van der Waals surface area contributed by atoms with Crippen molar-refractivity contribution >= 4 is 23.5 Å². The molecule has 0 saturated heterocycles. The molecule has 1 aromatic carbocycles. The lowest BCUT2D eigenvalue weighted by Crippen LogP contribution is -2.52. The Hall–Kier alpha value is -1.95.